The number of furan rings is 2. The van der Waals surface area contributed by atoms with Gasteiger partial charge in [-0.05, 0) is 97.6 Å². The van der Waals surface area contributed by atoms with Crippen LogP contribution in [-0.2, 0) is 0 Å². The first-order valence-corrected chi connectivity index (χ1v) is 23.0. The average molecular weight is 853 g/mol. The topological polar surface area (TPSA) is 32.8 Å². The fourth-order valence-corrected chi connectivity index (χ4v) is 11.7. The van der Waals surface area contributed by atoms with Crippen LogP contribution in [-0.4, -0.2) is 6.71 Å². The third-order valence-corrected chi connectivity index (χ3v) is 14.4. The van der Waals surface area contributed by atoms with E-state index in [9.17, 15) is 0 Å². The highest BCUT2D eigenvalue weighted by atomic mass is 16.3. The Morgan fingerprint density at radius 3 is 1.19 bits per heavy atom. The predicted molar refractivity (Wildman–Crippen MR) is 281 cm³/mol. The molecule has 11 aromatic carbocycles. The third-order valence-electron chi connectivity index (χ3n) is 14.4. The second kappa shape index (κ2) is 13.9. The molecule has 0 aliphatic carbocycles. The fourth-order valence-electron chi connectivity index (χ4n) is 11.7. The number of para-hydroxylation sites is 2. The van der Waals surface area contributed by atoms with Crippen molar-refractivity contribution >= 4 is 123 Å². The van der Waals surface area contributed by atoms with E-state index in [0.717, 1.165) is 89.1 Å². The van der Waals surface area contributed by atoms with Gasteiger partial charge in [0, 0.05) is 33.3 Å². The molecule has 5 heteroatoms. The molecule has 0 bridgehead atoms. The molecule has 0 unspecified atom stereocenters. The maximum atomic E-state index is 6.77. The molecule has 2 aliphatic rings. The van der Waals surface area contributed by atoms with Crippen LogP contribution >= 0.6 is 0 Å². The summed E-state index contributed by atoms with van der Waals surface area (Å²) in [6, 6.07) is 81.6. The van der Waals surface area contributed by atoms with Gasteiger partial charge in [-0.3, -0.25) is 0 Å². The van der Waals surface area contributed by atoms with Crippen molar-refractivity contribution in [1.29, 1.82) is 0 Å². The molecule has 0 radical (unpaired) electrons. The second-order valence-electron chi connectivity index (χ2n) is 17.9. The van der Waals surface area contributed by atoms with E-state index in [0.29, 0.717) is 0 Å². The summed E-state index contributed by atoms with van der Waals surface area (Å²) < 4.78 is 13.5. The second-order valence-corrected chi connectivity index (χ2v) is 17.9. The van der Waals surface area contributed by atoms with Crippen molar-refractivity contribution < 1.29 is 8.83 Å². The van der Waals surface area contributed by atoms with E-state index in [4.69, 9.17) is 8.83 Å². The summed E-state index contributed by atoms with van der Waals surface area (Å²) >= 11 is 0. The van der Waals surface area contributed by atoms with E-state index in [1.54, 1.807) is 0 Å². The molecule has 0 saturated carbocycles. The molecule has 4 nitrogen and oxygen atoms in total. The number of fused-ring (bicyclic) bond motifs is 14. The highest BCUT2D eigenvalue weighted by Gasteiger charge is 2.46. The number of hydrogen-bond acceptors (Lipinski definition) is 4. The Bertz CT molecular complexity index is 3930. The van der Waals surface area contributed by atoms with E-state index in [1.165, 1.54) is 49.1 Å². The van der Waals surface area contributed by atoms with Gasteiger partial charge in [-0.15, -0.1) is 0 Å². The summed E-state index contributed by atoms with van der Waals surface area (Å²) in [5, 5.41) is 9.21. The van der Waals surface area contributed by atoms with E-state index >= 15 is 0 Å². The molecule has 2 aromatic heterocycles. The van der Waals surface area contributed by atoms with Crippen LogP contribution in [0.3, 0.4) is 0 Å². The fraction of sp³-hybridized carbons (Fsp3) is 0. The lowest BCUT2D eigenvalue weighted by molar-refractivity contribution is 0.668. The Morgan fingerprint density at radius 1 is 0.299 bits per heavy atom. The van der Waals surface area contributed by atoms with Crippen LogP contribution in [0.5, 0.6) is 0 Å². The molecule has 2 aliphatic heterocycles. The summed E-state index contributed by atoms with van der Waals surface area (Å²) in [4.78, 5) is 5.13. The molecule has 0 N–H and O–H groups in total. The molecule has 13 aromatic rings. The zero-order valence-corrected chi connectivity index (χ0v) is 36.2. The molecule has 4 heterocycles. The predicted octanol–water partition coefficient (Wildman–Crippen LogP) is 15.2. The normalized spacial score (nSPS) is 13.0. The van der Waals surface area contributed by atoms with Gasteiger partial charge < -0.3 is 18.6 Å². The number of rotatable bonds is 4. The van der Waals surface area contributed by atoms with Crippen LogP contribution in [0, 0.1) is 0 Å². The number of benzene rings is 11. The Hall–Kier alpha value is -8.80. The highest BCUT2D eigenvalue weighted by molar-refractivity contribution is 7.01. The molecule has 0 amide bonds. The average Bonchev–Trinajstić information content (AvgIpc) is 3.97. The molecule has 0 fully saturated rings. The molecular formula is C62H37BN2O2. The van der Waals surface area contributed by atoms with Crippen molar-refractivity contribution in [3.63, 3.8) is 0 Å². The van der Waals surface area contributed by atoms with E-state index < -0.39 is 0 Å². The van der Waals surface area contributed by atoms with E-state index in [2.05, 4.69) is 234 Å². The quantitative estimate of drug-likeness (QED) is 0.165. The molecule has 310 valence electrons. The van der Waals surface area contributed by atoms with Crippen LogP contribution < -0.4 is 26.2 Å². The summed E-state index contributed by atoms with van der Waals surface area (Å²) in [7, 11) is 0. The molecule has 0 spiro atoms. The van der Waals surface area contributed by atoms with E-state index in [1.807, 2.05) is 0 Å². The maximum absolute atomic E-state index is 6.77. The first-order chi connectivity index (χ1) is 33.3. The largest absolute Gasteiger partial charge is 0.456 e. The number of anilines is 6. The smallest absolute Gasteiger partial charge is 0.252 e. The van der Waals surface area contributed by atoms with E-state index in [-0.39, 0.29) is 6.71 Å². The summed E-state index contributed by atoms with van der Waals surface area (Å²) in [6.07, 6.45) is 0. The Kier molecular flexibility index (Phi) is 7.55. The molecular weight excluding hydrogens is 816 g/mol. The van der Waals surface area contributed by atoms with Crippen LogP contribution in [0.15, 0.2) is 233 Å². The van der Waals surface area contributed by atoms with Gasteiger partial charge in [0.2, 0.25) is 0 Å². The van der Waals surface area contributed by atoms with Crippen molar-refractivity contribution in [2.45, 2.75) is 0 Å². The first kappa shape index (κ1) is 36.5. The monoisotopic (exact) mass is 852 g/mol. The Morgan fingerprint density at radius 2 is 0.716 bits per heavy atom. The SMILES string of the molecule is c1ccc(-c2c(N3c4cccc5c4B(c4ccc6oc7ccccc7c6c43)c3ccc4oc6ccccc6c4c3N5c3ccc4ccccc4c3-c3ccccc3)ccc3ccccc23)cc1. The third kappa shape index (κ3) is 5.08. The lowest BCUT2D eigenvalue weighted by Crippen LogP contribution is -2.61. The van der Waals surface area contributed by atoms with Crippen molar-refractivity contribution in [1.82, 2.24) is 0 Å². The van der Waals surface area contributed by atoms with Gasteiger partial charge in [-0.25, -0.2) is 0 Å². The zero-order valence-electron chi connectivity index (χ0n) is 36.2. The molecule has 15 rings (SSSR count). The minimum atomic E-state index is -0.138. The van der Waals surface area contributed by atoms with Gasteiger partial charge >= 0.3 is 0 Å². The summed E-state index contributed by atoms with van der Waals surface area (Å²) in [6.45, 7) is -0.138. The Balaban J connectivity index is 1.13. The molecule has 0 saturated heterocycles. The minimum Gasteiger partial charge on any atom is -0.456 e. The van der Waals surface area contributed by atoms with Crippen molar-refractivity contribution in [3.8, 4) is 22.3 Å². The van der Waals surface area contributed by atoms with Crippen molar-refractivity contribution in [3.05, 3.63) is 224 Å². The standard InChI is InChI=1S/C62H37BN2O2/c1-3-18-40(19-4-1)56-42-22-9-7-16-38(42)30-34-48(56)64-50-26-15-27-51-60(50)63(46-32-36-54-58(61(46)64)44-24-11-13-28-52(44)66-54)47-33-37-55-59(45-25-12-14-29-53(45)67-55)62(47)65(51)49-35-31-39-17-8-10-23-43(39)57(49)41-20-5-2-6-21-41/h1-37H. The zero-order chi connectivity index (χ0) is 43.7. The number of hydrogen-bond donors (Lipinski definition) is 0. The number of nitrogens with zero attached hydrogens (tertiary/aromatic N) is 2. The van der Waals surface area contributed by atoms with Crippen molar-refractivity contribution in [2.75, 3.05) is 9.80 Å². The van der Waals surface area contributed by atoms with Gasteiger partial charge in [0.05, 0.1) is 33.5 Å². The van der Waals surface area contributed by atoms with Gasteiger partial charge in [0.15, 0.2) is 0 Å². The summed E-state index contributed by atoms with van der Waals surface area (Å²) in [5.41, 5.74) is 18.6. The van der Waals surface area contributed by atoms with Gasteiger partial charge in [-0.1, -0.05) is 176 Å². The summed E-state index contributed by atoms with van der Waals surface area (Å²) in [5.74, 6) is 0. The molecule has 0 atom stereocenters. The van der Waals surface area contributed by atoms with Gasteiger partial charge in [0.1, 0.15) is 22.3 Å². The van der Waals surface area contributed by atoms with Crippen LogP contribution in [0.2, 0.25) is 0 Å². The Labute approximate surface area is 386 Å². The highest BCUT2D eigenvalue weighted by Crippen LogP contribution is 2.53. The van der Waals surface area contributed by atoms with Gasteiger partial charge in [-0.2, -0.15) is 0 Å². The van der Waals surface area contributed by atoms with Crippen LogP contribution in [0.4, 0.5) is 34.1 Å². The van der Waals surface area contributed by atoms with Gasteiger partial charge in [0.25, 0.3) is 6.71 Å². The maximum Gasteiger partial charge on any atom is 0.252 e. The van der Waals surface area contributed by atoms with Crippen molar-refractivity contribution in [2.24, 2.45) is 0 Å². The lowest BCUT2D eigenvalue weighted by atomic mass is 9.33. The molecule has 67 heavy (non-hydrogen) atoms. The van der Waals surface area contributed by atoms with Crippen LogP contribution in [0.25, 0.3) is 87.7 Å². The van der Waals surface area contributed by atoms with Crippen LogP contribution in [0.1, 0.15) is 0 Å². The first-order valence-electron chi connectivity index (χ1n) is 23.0. The minimum absolute atomic E-state index is 0.138. The lowest BCUT2D eigenvalue weighted by Gasteiger charge is -2.45.